The Labute approximate surface area is 135 Å². The van der Waals surface area contributed by atoms with E-state index in [2.05, 4.69) is 15.4 Å². The Morgan fingerprint density at radius 1 is 1.39 bits per heavy atom. The molecule has 0 radical (unpaired) electrons. The lowest BCUT2D eigenvalue weighted by Gasteiger charge is -2.32. The summed E-state index contributed by atoms with van der Waals surface area (Å²) in [5.74, 6) is 1.18. The van der Waals surface area contributed by atoms with Gasteiger partial charge in [-0.25, -0.2) is 9.78 Å². The van der Waals surface area contributed by atoms with Crippen LogP contribution in [0.15, 0.2) is 36.9 Å². The number of ether oxygens (including phenoxy) is 1. The molecular formula is C16H21N5O2. The van der Waals surface area contributed by atoms with E-state index in [1.165, 1.54) is 6.33 Å². The van der Waals surface area contributed by atoms with Crippen molar-refractivity contribution in [2.45, 2.75) is 19.4 Å². The molecule has 1 aromatic heterocycles. The molecule has 7 heteroatoms. The smallest absolute Gasteiger partial charge is 0.321 e. The fraction of sp³-hybridized carbons (Fsp3) is 0.438. The lowest BCUT2D eigenvalue weighted by molar-refractivity contribution is 0.168. The van der Waals surface area contributed by atoms with Crippen LogP contribution in [0.5, 0.6) is 5.75 Å². The quantitative estimate of drug-likeness (QED) is 0.939. The minimum atomic E-state index is -0.0570. The summed E-state index contributed by atoms with van der Waals surface area (Å²) in [7, 11) is 1.62. The normalized spacial score (nSPS) is 17.8. The fourth-order valence-electron chi connectivity index (χ4n) is 2.87. The molecule has 1 saturated heterocycles. The number of methoxy groups -OCH3 is 1. The molecule has 2 aromatic rings. The summed E-state index contributed by atoms with van der Waals surface area (Å²) in [6.45, 7) is 2.32. The molecule has 7 nitrogen and oxygen atoms in total. The van der Waals surface area contributed by atoms with Gasteiger partial charge >= 0.3 is 6.03 Å². The molecule has 0 saturated carbocycles. The Morgan fingerprint density at radius 2 is 2.22 bits per heavy atom. The van der Waals surface area contributed by atoms with Crippen LogP contribution in [-0.4, -0.2) is 45.9 Å². The molecule has 1 aliphatic rings. The number of hydrogen-bond donors (Lipinski definition) is 1. The molecule has 1 atom stereocenters. The Hall–Kier alpha value is -2.57. The second kappa shape index (κ2) is 7.13. The predicted octanol–water partition coefficient (Wildman–Crippen LogP) is 2.23. The Morgan fingerprint density at radius 3 is 2.91 bits per heavy atom. The van der Waals surface area contributed by atoms with Crippen LogP contribution in [0, 0.1) is 5.92 Å². The number of carbonyl (C=O) groups excluding carboxylic acids is 1. The minimum Gasteiger partial charge on any atom is -0.497 e. The highest BCUT2D eigenvalue weighted by molar-refractivity contribution is 5.89. The molecule has 0 bridgehead atoms. The van der Waals surface area contributed by atoms with Crippen LogP contribution in [0.3, 0.4) is 0 Å². The molecule has 122 valence electrons. The van der Waals surface area contributed by atoms with E-state index in [9.17, 15) is 4.79 Å². The molecule has 23 heavy (non-hydrogen) atoms. The van der Waals surface area contributed by atoms with E-state index in [0.717, 1.165) is 43.9 Å². The fourth-order valence-corrected chi connectivity index (χ4v) is 2.87. The average molecular weight is 315 g/mol. The van der Waals surface area contributed by atoms with Crippen molar-refractivity contribution < 1.29 is 9.53 Å². The van der Waals surface area contributed by atoms with Crippen molar-refractivity contribution in [3.63, 3.8) is 0 Å². The topological polar surface area (TPSA) is 72.3 Å². The van der Waals surface area contributed by atoms with E-state index in [1.54, 1.807) is 13.4 Å². The van der Waals surface area contributed by atoms with E-state index in [1.807, 2.05) is 33.8 Å². The summed E-state index contributed by atoms with van der Waals surface area (Å²) in [6, 6.07) is 7.29. The van der Waals surface area contributed by atoms with Gasteiger partial charge in [0.15, 0.2) is 0 Å². The molecule has 1 aliphatic heterocycles. The molecule has 1 aromatic carbocycles. The van der Waals surface area contributed by atoms with Crippen LogP contribution >= 0.6 is 0 Å². The Balaban J connectivity index is 1.55. The first-order valence-corrected chi connectivity index (χ1v) is 7.77. The maximum atomic E-state index is 12.4. The van der Waals surface area contributed by atoms with Gasteiger partial charge in [-0.1, -0.05) is 0 Å². The number of urea groups is 1. The highest BCUT2D eigenvalue weighted by Crippen LogP contribution is 2.20. The number of amides is 2. The van der Waals surface area contributed by atoms with Crippen LogP contribution < -0.4 is 10.1 Å². The van der Waals surface area contributed by atoms with Gasteiger partial charge in [0.1, 0.15) is 18.4 Å². The monoisotopic (exact) mass is 315 g/mol. The third-order valence-corrected chi connectivity index (χ3v) is 4.06. The van der Waals surface area contributed by atoms with Gasteiger partial charge in [-0.15, -0.1) is 0 Å². The second-order valence-electron chi connectivity index (χ2n) is 5.73. The zero-order valence-corrected chi connectivity index (χ0v) is 13.2. The molecule has 0 unspecified atom stereocenters. The van der Waals surface area contributed by atoms with Crippen molar-refractivity contribution >= 4 is 11.7 Å². The van der Waals surface area contributed by atoms with Crippen molar-refractivity contribution in [3.8, 4) is 5.75 Å². The summed E-state index contributed by atoms with van der Waals surface area (Å²) in [5.41, 5.74) is 0.772. The Bertz CT molecular complexity index is 626. The molecule has 1 N–H and O–H groups in total. The standard InChI is InChI=1S/C16H21N5O2/c1-23-15-6-4-14(5-7-15)19-16(22)20-8-2-3-13(9-20)10-21-12-17-11-18-21/h4-7,11-13H,2-3,8-10H2,1H3,(H,19,22)/t13-/m1/s1. The minimum absolute atomic E-state index is 0.0570. The highest BCUT2D eigenvalue weighted by atomic mass is 16.5. The van der Waals surface area contributed by atoms with Gasteiger partial charge in [0.05, 0.1) is 7.11 Å². The zero-order valence-electron chi connectivity index (χ0n) is 13.2. The number of aromatic nitrogens is 3. The number of anilines is 1. The van der Waals surface area contributed by atoms with Gasteiger partial charge in [0, 0.05) is 25.3 Å². The van der Waals surface area contributed by atoms with Crippen LogP contribution in [-0.2, 0) is 6.54 Å². The van der Waals surface area contributed by atoms with Crippen LogP contribution in [0.4, 0.5) is 10.5 Å². The van der Waals surface area contributed by atoms with Gasteiger partial charge in [-0.05, 0) is 43.0 Å². The van der Waals surface area contributed by atoms with E-state index >= 15 is 0 Å². The number of benzene rings is 1. The summed E-state index contributed by atoms with van der Waals surface area (Å²) in [6.07, 6.45) is 5.37. The Kier molecular flexibility index (Phi) is 4.75. The summed E-state index contributed by atoms with van der Waals surface area (Å²) >= 11 is 0. The van der Waals surface area contributed by atoms with Crippen LogP contribution in [0.2, 0.25) is 0 Å². The second-order valence-corrected chi connectivity index (χ2v) is 5.73. The van der Waals surface area contributed by atoms with Crippen molar-refractivity contribution in [1.82, 2.24) is 19.7 Å². The third-order valence-electron chi connectivity index (χ3n) is 4.06. The molecule has 1 fully saturated rings. The highest BCUT2D eigenvalue weighted by Gasteiger charge is 2.24. The van der Waals surface area contributed by atoms with Gasteiger partial charge < -0.3 is 15.0 Å². The maximum Gasteiger partial charge on any atom is 0.321 e. The van der Waals surface area contributed by atoms with Crippen molar-refractivity contribution in [2.75, 3.05) is 25.5 Å². The third kappa shape index (κ3) is 4.00. The van der Waals surface area contributed by atoms with Crippen molar-refractivity contribution in [3.05, 3.63) is 36.9 Å². The number of nitrogens with one attached hydrogen (secondary N) is 1. The largest absolute Gasteiger partial charge is 0.497 e. The molecule has 3 rings (SSSR count). The van der Waals surface area contributed by atoms with E-state index in [4.69, 9.17) is 4.74 Å². The van der Waals surface area contributed by atoms with E-state index in [-0.39, 0.29) is 6.03 Å². The molecule has 2 heterocycles. The number of hydrogen-bond acceptors (Lipinski definition) is 4. The zero-order chi connectivity index (χ0) is 16.1. The molecule has 0 spiro atoms. The first-order chi connectivity index (χ1) is 11.2. The summed E-state index contributed by atoms with van der Waals surface area (Å²) in [4.78, 5) is 18.2. The van der Waals surface area contributed by atoms with Gasteiger partial charge in [0.2, 0.25) is 0 Å². The van der Waals surface area contributed by atoms with Crippen LogP contribution in [0.1, 0.15) is 12.8 Å². The number of rotatable bonds is 4. The number of carbonyl (C=O) groups is 1. The number of nitrogens with zero attached hydrogens (tertiary/aromatic N) is 4. The molecular weight excluding hydrogens is 294 g/mol. The van der Waals surface area contributed by atoms with Crippen LogP contribution in [0.25, 0.3) is 0 Å². The first-order valence-electron chi connectivity index (χ1n) is 7.77. The van der Waals surface area contributed by atoms with Gasteiger partial charge in [-0.2, -0.15) is 5.10 Å². The average Bonchev–Trinajstić information content (AvgIpc) is 3.09. The molecule has 2 amide bonds. The summed E-state index contributed by atoms with van der Waals surface area (Å²) in [5, 5.41) is 7.08. The summed E-state index contributed by atoms with van der Waals surface area (Å²) < 4.78 is 6.95. The van der Waals surface area contributed by atoms with E-state index in [0.29, 0.717) is 5.92 Å². The van der Waals surface area contributed by atoms with E-state index < -0.39 is 0 Å². The maximum absolute atomic E-state index is 12.4. The van der Waals surface area contributed by atoms with Crippen molar-refractivity contribution in [1.29, 1.82) is 0 Å². The van der Waals surface area contributed by atoms with Gasteiger partial charge in [-0.3, -0.25) is 4.68 Å². The predicted molar refractivity (Wildman–Crippen MR) is 86.3 cm³/mol. The molecule has 0 aliphatic carbocycles. The lowest BCUT2D eigenvalue weighted by atomic mass is 9.98. The SMILES string of the molecule is COc1ccc(NC(=O)N2CCC[C@@H](Cn3cncn3)C2)cc1. The first kappa shape index (κ1) is 15.3. The number of likely N-dealkylation sites (tertiary alicyclic amines) is 1. The number of piperidine rings is 1. The van der Waals surface area contributed by atoms with Gasteiger partial charge in [0.25, 0.3) is 0 Å². The lowest BCUT2D eigenvalue weighted by Crippen LogP contribution is -2.43. The van der Waals surface area contributed by atoms with Crippen molar-refractivity contribution in [2.24, 2.45) is 5.92 Å².